The Morgan fingerprint density at radius 3 is 2.71 bits per heavy atom. The van der Waals surface area contributed by atoms with Gasteiger partial charge in [-0.3, -0.25) is 0 Å². The van der Waals surface area contributed by atoms with Gasteiger partial charge in [-0.1, -0.05) is 6.07 Å². The van der Waals surface area contributed by atoms with Gasteiger partial charge in [0.15, 0.2) is 0 Å². The number of nitrogen functional groups attached to an aromatic ring is 1. The molecule has 2 aromatic rings. The minimum atomic E-state index is -0.491. The second-order valence-corrected chi connectivity index (χ2v) is 4.38. The van der Waals surface area contributed by atoms with Crippen LogP contribution in [-0.4, -0.2) is 32.2 Å². The summed E-state index contributed by atoms with van der Waals surface area (Å²) in [7, 11) is 4.76. The molecule has 0 radical (unpaired) electrons. The molecule has 0 unspecified atom stereocenters. The molecule has 1 aromatic heterocycles. The Bertz CT molecular complexity index is 658. The first kappa shape index (κ1) is 14.6. The molecule has 0 saturated heterocycles. The van der Waals surface area contributed by atoms with E-state index in [4.69, 9.17) is 15.2 Å². The number of aromatic nitrogens is 1. The predicted molar refractivity (Wildman–Crippen MR) is 81.0 cm³/mol. The van der Waals surface area contributed by atoms with Crippen molar-refractivity contribution in [1.29, 1.82) is 0 Å². The van der Waals surface area contributed by atoms with Crippen molar-refractivity contribution in [2.45, 2.75) is 0 Å². The number of carbonyl (C=O) groups excluding carboxylic acids is 1. The highest BCUT2D eigenvalue weighted by molar-refractivity contribution is 5.95. The molecule has 0 aliphatic rings. The first-order chi connectivity index (χ1) is 10.1. The zero-order valence-electron chi connectivity index (χ0n) is 12.2. The van der Waals surface area contributed by atoms with Gasteiger partial charge in [-0.15, -0.1) is 0 Å². The van der Waals surface area contributed by atoms with E-state index in [2.05, 4.69) is 4.98 Å². The Kier molecular flexibility index (Phi) is 4.27. The first-order valence-corrected chi connectivity index (χ1v) is 6.28. The number of rotatable bonds is 4. The van der Waals surface area contributed by atoms with Crippen LogP contribution in [0.4, 0.5) is 17.2 Å². The smallest absolute Gasteiger partial charge is 0.340 e. The maximum absolute atomic E-state index is 11.7. The lowest BCUT2D eigenvalue weighted by atomic mass is 10.2. The lowest BCUT2D eigenvalue weighted by Crippen LogP contribution is -2.14. The van der Waals surface area contributed by atoms with Gasteiger partial charge in [0.05, 0.1) is 31.7 Å². The molecule has 2 N–H and O–H groups in total. The van der Waals surface area contributed by atoms with Crippen LogP contribution in [0.3, 0.4) is 0 Å². The van der Waals surface area contributed by atoms with Gasteiger partial charge < -0.3 is 20.1 Å². The summed E-state index contributed by atoms with van der Waals surface area (Å²) in [4.78, 5) is 17.7. The van der Waals surface area contributed by atoms with E-state index in [9.17, 15) is 4.79 Å². The van der Waals surface area contributed by atoms with Crippen LogP contribution in [0, 0.1) is 0 Å². The lowest BCUT2D eigenvalue weighted by molar-refractivity contribution is 0.0602. The number of esters is 1. The third kappa shape index (κ3) is 3.05. The molecular formula is C15H17N3O3. The van der Waals surface area contributed by atoms with E-state index in [1.165, 1.54) is 13.3 Å². The van der Waals surface area contributed by atoms with Gasteiger partial charge in [0.25, 0.3) is 0 Å². The lowest BCUT2D eigenvalue weighted by Gasteiger charge is -2.19. The molecular weight excluding hydrogens is 270 g/mol. The number of hydrogen-bond acceptors (Lipinski definition) is 6. The average Bonchev–Trinajstić information content (AvgIpc) is 2.54. The molecule has 1 aromatic carbocycles. The van der Waals surface area contributed by atoms with Crippen molar-refractivity contribution >= 4 is 23.2 Å². The summed E-state index contributed by atoms with van der Waals surface area (Å²) in [5, 5.41) is 0. The molecule has 6 nitrogen and oxygen atoms in total. The highest BCUT2D eigenvalue weighted by atomic mass is 16.5. The van der Waals surface area contributed by atoms with E-state index >= 15 is 0 Å². The van der Waals surface area contributed by atoms with Crippen molar-refractivity contribution in [2.24, 2.45) is 0 Å². The molecule has 21 heavy (non-hydrogen) atoms. The fourth-order valence-corrected chi connectivity index (χ4v) is 1.88. The van der Waals surface area contributed by atoms with Crippen LogP contribution in [0.2, 0.25) is 0 Å². The van der Waals surface area contributed by atoms with Crippen LogP contribution >= 0.6 is 0 Å². The molecule has 0 aliphatic carbocycles. The molecule has 0 amide bonds. The second-order valence-electron chi connectivity index (χ2n) is 4.38. The Morgan fingerprint density at radius 2 is 2.05 bits per heavy atom. The quantitative estimate of drug-likeness (QED) is 0.869. The van der Waals surface area contributed by atoms with Crippen molar-refractivity contribution < 1.29 is 14.3 Å². The number of nitrogens with zero attached hydrogens (tertiary/aromatic N) is 2. The molecule has 6 heteroatoms. The fourth-order valence-electron chi connectivity index (χ4n) is 1.88. The number of hydrogen-bond donors (Lipinski definition) is 1. The molecule has 2 rings (SSSR count). The van der Waals surface area contributed by atoms with Crippen LogP contribution in [0.15, 0.2) is 36.5 Å². The third-order valence-electron chi connectivity index (χ3n) is 3.11. The maximum Gasteiger partial charge on any atom is 0.340 e. The van der Waals surface area contributed by atoms with E-state index < -0.39 is 5.97 Å². The van der Waals surface area contributed by atoms with Gasteiger partial charge in [-0.05, 0) is 18.2 Å². The standard InChI is InChI=1S/C15H17N3O3/c1-18(10-5-4-6-11(7-10)20-2)14-8-12(15(19)21-3)13(16)9-17-14/h4-9H,16H2,1-3H3. The summed E-state index contributed by atoms with van der Waals surface area (Å²) in [6.45, 7) is 0. The number of carbonyl (C=O) groups is 1. The molecule has 0 atom stereocenters. The molecule has 110 valence electrons. The normalized spacial score (nSPS) is 10.0. The van der Waals surface area contributed by atoms with E-state index in [1.807, 2.05) is 36.2 Å². The maximum atomic E-state index is 11.7. The van der Waals surface area contributed by atoms with Crippen molar-refractivity contribution in [3.8, 4) is 5.75 Å². The molecule has 0 saturated carbocycles. The minimum Gasteiger partial charge on any atom is -0.497 e. The Morgan fingerprint density at radius 1 is 1.29 bits per heavy atom. The van der Waals surface area contributed by atoms with Crippen LogP contribution in [-0.2, 0) is 4.74 Å². The number of pyridine rings is 1. The SMILES string of the molecule is COC(=O)c1cc(N(C)c2cccc(OC)c2)ncc1N. The van der Waals surface area contributed by atoms with Gasteiger partial charge in [0, 0.05) is 18.8 Å². The van der Waals surface area contributed by atoms with Crippen molar-refractivity contribution in [3.05, 3.63) is 42.1 Å². The van der Waals surface area contributed by atoms with Crippen molar-refractivity contribution in [1.82, 2.24) is 4.98 Å². The second kappa shape index (κ2) is 6.13. The van der Waals surface area contributed by atoms with E-state index in [0.29, 0.717) is 5.82 Å². The van der Waals surface area contributed by atoms with Crippen LogP contribution in [0.5, 0.6) is 5.75 Å². The monoisotopic (exact) mass is 287 g/mol. The van der Waals surface area contributed by atoms with Gasteiger partial charge in [-0.25, -0.2) is 9.78 Å². The largest absolute Gasteiger partial charge is 0.497 e. The highest BCUT2D eigenvalue weighted by Gasteiger charge is 2.14. The van der Waals surface area contributed by atoms with Crippen LogP contribution in [0.25, 0.3) is 0 Å². The molecule has 0 bridgehead atoms. The molecule has 1 heterocycles. The van der Waals surface area contributed by atoms with Crippen LogP contribution in [0.1, 0.15) is 10.4 Å². The summed E-state index contributed by atoms with van der Waals surface area (Å²) >= 11 is 0. The number of methoxy groups -OCH3 is 2. The predicted octanol–water partition coefficient (Wildman–Crippen LogP) is 2.23. The summed E-state index contributed by atoms with van der Waals surface area (Å²) < 4.78 is 9.91. The van der Waals surface area contributed by atoms with Gasteiger partial charge in [0.1, 0.15) is 11.6 Å². The number of benzene rings is 1. The van der Waals surface area contributed by atoms with Gasteiger partial charge in [-0.2, -0.15) is 0 Å². The number of nitrogens with two attached hydrogens (primary N) is 1. The molecule has 0 spiro atoms. The summed E-state index contributed by atoms with van der Waals surface area (Å²) in [6, 6.07) is 9.12. The minimum absolute atomic E-state index is 0.282. The highest BCUT2D eigenvalue weighted by Crippen LogP contribution is 2.27. The van der Waals surface area contributed by atoms with Gasteiger partial charge >= 0.3 is 5.97 Å². The average molecular weight is 287 g/mol. The number of anilines is 3. The van der Waals surface area contributed by atoms with Crippen molar-refractivity contribution in [3.63, 3.8) is 0 Å². The Labute approximate surface area is 123 Å². The van der Waals surface area contributed by atoms with Crippen LogP contribution < -0.4 is 15.4 Å². The summed E-state index contributed by atoms with van der Waals surface area (Å²) in [6.07, 6.45) is 1.44. The topological polar surface area (TPSA) is 77.7 Å². The van der Waals surface area contributed by atoms with E-state index in [0.717, 1.165) is 11.4 Å². The summed E-state index contributed by atoms with van der Waals surface area (Å²) in [5.74, 6) is 0.830. The first-order valence-electron chi connectivity index (χ1n) is 6.28. The zero-order chi connectivity index (χ0) is 15.4. The van der Waals surface area contributed by atoms with E-state index in [-0.39, 0.29) is 11.3 Å². The molecule has 0 aliphatic heterocycles. The Hall–Kier alpha value is -2.76. The van der Waals surface area contributed by atoms with Crippen molar-refractivity contribution in [2.75, 3.05) is 31.9 Å². The summed E-state index contributed by atoms with van der Waals surface area (Å²) in [5.41, 5.74) is 7.20. The third-order valence-corrected chi connectivity index (χ3v) is 3.11. The Balaban J connectivity index is 2.38. The fraction of sp³-hybridized carbons (Fsp3) is 0.200. The zero-order valence-corrected chi connectivity index (χ0v) is 12.2. The van der Waals surface area contributed by atoms with Gasteiger partial charge in [0.2, 0.25) is 0 Å². The number of ether oxygens (including phenoxy) is 2. The molecule has 0 fully saturated rings. The van der Waals surface area contributed by atoms with E-state index in [1.54, 1.807) is 13.2 Å².